The van der Waals surface area contributed by atoms with Gasteiger partial charge in [0.1, 0.15) is 5.82 Å². The zero-order valence-corrected chi connectivity index (χ0v) is 10.9. The SMILES string of the molecule is CCCC1(CNc2ccc(C(=O)OC)nn2)CC1. The van der Waals surface area contributed by atoms with E-state index in [1.165, 1.54) is 32.8 Å². The fourth-order valence-corrected chi connectivity index (χ4v) is 2.14. The lowest BCUT2D eigenvalue weighted by molar-refractivity contribution is 0.0593. The van der Waals surface area contributed by atoms with Gasteiger partial charge >= 0.3 is 5.97 Å². The van der Waals surface area contributed by atoms with E-state index in [0.29, 0.717) is 11.2 Å². The molecule has 0 aromatic carbocycles. The summed E-state index contributed by atoms with van der Waals surface area (Å²) in [6.07, 6.45) is 5.06. The molecule has 1 N–H and O–H groups in total. The normalized spacial score (nSPS) is 16.1. The third-order valence-electron chi connectivity index (χ3n) is 3.44. The van der Waals surface area contributed by atoms with Crippen LogP contribution >= 0.6 is 0 Å². The number of anilines is 1. The van der Waals surface area contributed by atoms with Gasteiger partial charge in [0.25, 0.3) is 0 Å². The summed E-state index contributed by atoms with van der Waals surface area (Å²) in [5, 5.41) is 11.1. The Morgan fingerprint density at radius 1 is 1.44 bits per heavy atom. The van der Waals surface area contributed by atoms with E-state index in [-0.39, 0.29) is 5.69 Å². The number of carbonyl (C=O) groups is 1. The zero-order valence-electron chi connectivity index (χ0n) is 10.9. The maximum Gasteiger partial charge on any atom is 0.358 e. The van der Waals surface area contributed by atoms with Crippen LogP contribution in [-0.4, -0.2) is 29.8 Å². The molecule has 1 heterocycles. The number of nitrogens with one attached hydrogen (secondary N) is 1. The van der Waals surface area contributed by atoms with Crippen molar-refractivity contribution in [2.45, 2.75) is 32.6 Å². The van der Waals surface area contributed by atoms with Crippen molar-refractivity contribution < 1.29 is 9.53 Å². The van der Waals surface area contributed by atoms with Crippen LogP contribution in [0.5, 0.6) is 0 Å². The minimum Gasteiger partial charge on any atom is -0.464 e. The van der Waals surface area contributed by atoms with Crippen LogP contribution in [-0.2, 0) is 4.74 Å². The molecule has 0 saturated heterocycles. The molecule has 2 rings (SSSR count). The quantitative estimate of drug-likeness (QED) is 0.783. The van der Waals surface area contributed by atoms with Crippen molar-refractivity contribution in [2.75, 3.05) is 19.0 Å². The lowest BCUT2D eigenvalue weighted by atomic mass is 10.0. The summed E-state index contributed by atoms with van der Waals surface area (Å²) in [6.45, 7) is 3.15. The molecule has 1 aromatic heterocycles. The number of rotatable bonds is 6. The first-order valence-corrected chi connectivity index (χ1v) is 6.35. The van der Waals surface area contributed by atoms with Crippen molar-refractivity contribution in [1.82, 2.24) is 10.2 Å². The van der Waals surface area contributed by atoms with Gasteiger partial charge in [-0.15, -0.1) is 10.2 Å². The summed E-state index contributed by atoms with van der Waals surface area (Å²) in [5.41, 5.74) is 0.704. The van der Waals surface area contributed by atoms with Crippen molar-refractivity contribution in [3.63, 3.8) is 0 Å². The topological polar surface area (TPSA) is 64.1 Å². The van der Waals surface area contributed by atoms with Crippen LogP contribution in [0.25, 0.3) is 0 Å². The third-order valence-corrected chi connectivity index (χ3v) is 3.44. The minimum absolute atomic E-state index is 0.234. The van der Waals surface area contributed by atoms with Gasteiger partial charge in [0.2, 0.25) is 0 Å². The van der Waals surface area contributed by atoms with Crippen LogP contribution in [0.4, 0.5) is 5.82 Å². The molecule has 5 heteroatoms. The van der Waals surface area contributed by atoms with Crippen molar-refractivity contribution >= 4 is 11.8 Å². The highest BCUT2D eigenvalue weighted by molar-refractivity contribution is 5.86. The van der Waals surface area contributed by atoms with Crippen molar-refractivity contribution in [3.05, 3.63) is 17.8 Å². The molecule has 1 aliphatic carbocycles. The summed E-state index contributed by atoms with van der Waals surface area (Å²) in [7, 11) is 1.33. The molecule has 0 aliphatic heterocycles. The molecule has 0 spiro atoms. The van der Waals surface area contributed by atoms with E-state index < -0.39 is 5.97 Å². The average molecular weight is 249 g/mol. The molecule has 5 nitrogen and oxygen atoms in total. The highest BCUT2D eigenvalue weighted by atomic mass is 16.5. The van der Waals surface area contributed by atoms with Crippen LogP contribution in [0.3, 0.4) is 0 Å². The van der Waals surface area contributed by atoms with Gasteiger partial charge in [-0.1, -0.05) is 13.3 Å². The van der Waals surface area contributed by atoms with Gasteiger partial charge in [0.05, 0.1) is 7.11 Å². The Bertz CT molecular complexity index is 413. The molecule has 1 aromatic rings. The Hall–Kier alpha value is -1.65. The molecule has 1 aliphatic rings. The summed E-state index contributed by atoms with van der Waals surface area (Å²) in [5.74, 6) is 0.253. The standard InChI is InChI=1S/C13H19N3O2/c1-3-6-13(7-8-13)9-14-11-5-4-10(15-16-11)12(17)18-2/h4-5H,3,6-9H2,1-2H3,(H,14,16). The molecule has 0 unspecified atom stereocenters. The molecule has 1 saturated carbocycles. The van der Waals surface area contributed by atoms with Gasteiger partial charge in [0, 0.05) is 6.54 Å². The second-order valence-electron chi connectivity index (χ2n) is 4.90. The summed E-state index contributed by atoms with van der Waals surface area (Å²) >= 11 is 0. The Balaban J connectivity index is 1.89. The second-order valence-corrected chi connectivity index (χ2v) is 4.90. The summed E-state index contributed by atoms with van der Waals surface area (Å²) in [6, 6.07) is 3.39. The van der Waals surface area contributed by atoms with Crippen LogP contribution in [0.2, 0.25) is 0 Å². The molecule has 0 bridgehead atoms. The first kappa shape index (κ1) is 12.8. The fourth-order valence-electron chi connectivity index (χ4n) is 2.14. The van der Waals surface area contributed by atoms with E-state index in [1.54, 1.807) is 12.1 Å². The van der Waals surface area contributed by atoms with Crippen molar-refractivity contribution in [3.8, 4) is 0 Å². The Morgan fingerprint density at radius 2 is 2.22 bits per heavy atom. The van der Waals surface area contributed by atoms with E-state index in [1.807, 2.05) is 0 Å². The molecule has 0 amide bonds. The number of methoxy groups -OCH3 is 1. The molecular weight excluding hydrogens is 230 g/mol. The molecule has 0 radical (unpaired) electrons. The van der Waals surface area contributed by atoms with E-state index in [2.05, 4.69) is 27.2 Å². The lowest BCUT2D eigenvalue weighted by Gasteiger charge is -2.14. The van der Waals surface area contributed by atoms with E-state index in [4.69, 9.17) is 0 Å². The monoisotopic (exact) mass is 249 g/mol. The van der Waals surface area contributed by atoms with Gasteiger partial charge in [-0.2, -0.15) is 0 Å². The van der Waals surface area contributed by atoms with Gasteiger partial charge in [-0.05, 0) is 36.8 Å². The smallest absolute Gasteiger partial charge is 0.358 e. The molecule has 0 atom stereocenters. The van der Waals surface area contributed by atoms with Crippen molar-refractivity contribution in [2.24, 2.45) is 5.41 Å². The summed E-state index contributed by atoms with van der Waals surface area (Å²) in [4.78, 5) is 11.2. The second kappa shape index (κ2) is 5.33. The predicted octanol–water partition coefficient (Wildman–Crippen LogP) is 2.26. The van der Waals surface area contributed by atoms with Crippen LogP contribution in [0.15, 0.2) is 12.1 Å². The highest BCUT2D eigenvalue weighted by Crippen LogP contribution is 2.49. The van der Waals surface area contributed by atoms with Gasteiger partial charge in [-0.25, -0.2) is 4.79 Å². The maximum atomic E-state index is 11.2. The molecule has 1 fully saturated rings. The summed E-state index contributed by atoms with van der Waals surface area (Å²) < 4.78 is 4.57. The Labute approximate surface area is 107 Å². The Morgan fingerprint density at radius 3 is 2.72 bits per heavy atom. The van der Waals surface area contributed by atoms with E-state index in [0.717, 1.165) is 6.54 Å². The zero-order chi connectivity index (χ0) is 13.0. The van der Waals surface area contributed by atoms with Gasteiger partial charge < -0.3 is 10.1 Å². The van der Waals surface area contributed by atoms with Crippen LogP contribution in [0.1, 0.15) is 43.1 Å². The predicted molar refractivity (Wildman–Crippen MR) is 68.4 cm³/mol. The first-order chi connectivity index (χ1) is 8.69. The van der Waals surface area contributed by atoms with Gasteiger partial charge in [0.15, 0.2) is 5.69 Å². The van der Waals surface area contributed by atoms with Crippen LogP contribution in [0, 0.1) is 5.41 Å². The minimum atomic E-state index is -0.460. The third kappa shape index (κ3) is 2.97. The number of hydrogen-bond donors (Lipinski definition) is 1. The lowest BCUT2D eigenvalue weighted by Crippen LogP contribution is -2.16. The molecule has 18 heavy (non-hydrogen) atoms. The number of esters is 1. The number of carbonyl (C=O) groups excluding carboxylic acids is 1. The van der Waals surface area contributed by atoms with E-state index >= 15 is 0 Å². The first-order valence-electron chi connectivity index (χ1n) is 6.35. The number of nitrogens with zero attached hydrogens (tertiary/aromatic N) is 2. The fraction of sp³-hybridized carbons (Fsp3) is 0.615. The molecule has 98 valence electrons. The molecular formula is C13H19N3O2. The van der Waals surface area contributed by atoms with Crippen LogP contribution < -0.4 is 5.32 Å². The largest absolute Gasteiger partial charge is 0.464 e. The number of ether oxygens (including phenoxy) is 1. The van der Waals surface area contributed by atoms with Gasteiger partial charge in [-0.3, -0.25) is 0 Å². The average Bonchev–Trinajstić information content (AvgIpc) is 3.17. The highest BCUT2D eigenvalue weighted by Gasteiger charge is 2.41. The van der Waals surface area contributed by atoms with Crippen molar-refractivity contribution in [1.29, 1.82) is 0 Å². The Kier molecular flexibility index (Phi) is 3.79. The number of hydrogen-bond acceptors (Lipinski definition) is 5. The number of aromatic nitrogens is 2. The van der Waals surface area contributed by atoms with E-state index in [9.17, 15) is 4.79 Å². The maximum absolute atomic E-state index is 11.2.